The van der Waals surface area contributed by atoms with Crippen molar-refractivity contribution in [2.24, 2.45) is 11.8 Å². The number of carbonyl (C=O) groups excluding carboxylic acids is 2. The van der Waals surface area contributed by atoms with Crippen LogP contribution in [0.15, 0.2) is 59.0 Å². The Balaban J connectivity index is 1.36. The summed E-state index contributed by atoms with van der Waals surface area (Å²) in [5.74, 6) is 2.17. The molecule has 38 heavy (non-hydrogen) atoms. The number of aryl methyl sites for hydroxylation is 1. The van der Waals surface area contributed by atoms with Gasteiger partial charge in [-0.1, -0.05) is 62.6 Å². The topological polar surface area (TPSA) is 71.8 Å². The Hall–Kier alpha value is -3.54. The van der Waals surface area contributed by atoms with Gasteiger partial charge in [-0.2, -0.15) is 0 Å². The number of nitrogens with one attached hydrogen (secondary N) is 1. The van der Waals surface area contributed by atoms with Gasteiger partial charge < -0.3 is 19.4 Å². The molecule has 2 amide bonds. The maximum Gasteiger partial charge on any atom is 0.287 e. The van der Waals surface area contributed by atoms with Crippen molar-refractivity contribution in [1.29, 1.82) is 0 Å². The van der Waals surface area contributed by atoms with Crippen molar-refractivity contribution < 1.29 is 18.7 Å². The summed E-state index contributed by atoms with van der Waals surface area (Å²) in [6.45, 7) is 7.73. The third-order valence-corrected chi connectivity index (χ3v) is 7.66. The molecule has 1 unspecified atom stereocenters. The lowest BCUT2D eigenvalue weighted by atomic mass is 9.86. The zero-order valence-electron chi connectivity index (χ0n) is 22.7. The minimum Gasteiger partial charge on any atom is -0.486 e. The van der Waals surface area contributed by atoms with E-state index in [-0.39, 0.29) is 36.1 Å². The number of fused-ring (bicyclic) bond motifs is 1. The number of ether oxygens (including phenoxy) is 1. The van der Waals surface area contributed by atoms with E-state index >= 15 is 0 Å². The van der Waals surface area contributed by atoms with E-state index in [4.69, 9.17) is 9.15 Å². The maximum atomic E-state index is 13.6. The SMILES string of the molecule is Cc1ccc(C2c3cc(OCc4ccc(C(=O)NCC(C)C)o4)ccc3CCN2C(=O)C2CCCC2)cc1. The molecule has 2 aliphatic rings. The van der Waals surface area contributed by atoms with Gasteiger partial charge in [0.15, 0.2) is 5.76 Å². The average molecular weight is 515 g/mol. The molecule has 0 radical (unpaired) electrons. The number of hydrogen-bond acceptors (Lipinski definition) is 4. The van der Waals surface area contributed by atoms with E-state index in [9.17, 15) is 9.59 Å². The van der Waals surface area contributed by atoms with E-state index in [0.29, 0.717) is 18.2 Å². The highest BCUT2D eigenvalue weighted by Gasteiger charge is 2.36. The number of hydrogen-bond donors (Lipinski definition) is 1. The van der Waals surface area contributed by atoms with Gasteiger partial charge in [-0.05, 0) is 73.1 Å². The first-order chi connectivity index (χ1) is 18.4. The molecule has 2 aromatic carbocycles. The van der Waals surface area contributed by atoms with Crippen molar-refractivity contribution in [3.63, 3.8) is 0 Å². The van der Waals surface area contributed by atoms with Crippen LogP contribution >= 0.6 is 0 Å². The third kappa shape index (κ3) is 5.79. The number of carbonyl (C=O) groups is 2. The van der Waals surface area contributed by atoms with Gasteiger partial charge in [0.25, 0.3) is 5.91 Å². The molecule has 1 fully saturated rings. The third-order valence-electron chi connectivity index (χ3n) is 7.66. The van der Waals surface area contributed by atoms with Gasteiger partial charge in [0.2, 0.25) is 5.91 Å². The Morgan fingerprint density at radius 3 is 2.55 bits per heavy atom. The van der Waals surface area contributed by atoms with Crippen LogP contribution in [0.1, 0.15) is 84.1 Å². The normalized spacial score (nSPS) is 17.5. The number of furan rings is 1. The fourth-order valence-electron chi connectivity index (χ4n) is 5.55. The summed E-state index contributed by atoms with van der Waals surface area (Å²) in [4.78, 5) is 28.0. The minimum absolute atomic E-state index is 0.129. The smallest absolute Gasteiger partial charge is 0.287 e. The highest BCUT2D eigenvalue weighted by Crippen LogP contribution is 2.40. The first kappa shape index (κ1) is 26.1. The van der Waals surface area contributed by atoms with Gasteiger partial charge in [0.1, 0.15) is 18.1 Å². The van der Waals surface area contributed by atoms with Crippen molar-refractivity contribution in [2.75, 3.05) is 13.1 Å². The molecule has 0 spiro atoms. The predicted molar refractivity (Wildman–Crippen MR) is 147 cm³/mol. The highest BCUT2D eigenvalue weighted by atomic mass is 16.5. The van der Waals surface area contributed by atoms with Gasteiger partial charge >= 0.3 is 0 Å². The Labute approximate surface area is 225 Å². The summed E-state index contributed by atoms with van der Waals surface area (Å²) in [6.07, 6.45) is 5.10. The van der Waals surface area contributed by atoms with Crippen LogP contribution in [0.5, 0.6) is 5.75 Å². The zero-order valence-corrected chi connectivity index (χ0v) is 22.7. The van der Waals surface area contributed by atoms with Crippen molar-refractivity contribution in [2.45, 2.75) is 65.5 Å². The van der Waals surface area contributed by atoms with Gasteiger partial charge in [0, 0.05) is 19.0 Å². The van der Waals surface area contributed by atoms with Gasteiger partial charge in [-0.3, -0.25) is 9.59 Å². The molecule has 3 aromatic rings. The molecule has 200 valence electrons. The summed E-state index contributed by atoms with van der Waals surface area (Å²) in [5, 5.41) is 2.87. The summed E-state index contributed by atoms with van der Waals surface area (Å²) < 4.78 is 11.8. The predicted octanol–water partition coefficient (Wildman–Crippen LogP) is 6.22. The lowest BCUT2D eigenvalue weighted by molar-refractivity contribution is -0.137. The monoisotopic (exact) mass is 514 g/mol. The first-order valence-corrected chi connectivity index (χ1v) is 13.9. The Bertz CT molecular complexity index is 1270. The number of benzene rings is 2. The molecule has 6 nitrogen and oxygen atoms in total. The van der Waals surface area contributed by atoms with Crippen LogP contribution < -0.4 is 10.1 Å². The summed E-state index contributed by atoms with van der Waals surface area (Å²) >= 11 is 0. The minimum atomic E-state index is -0.216. The Morgan fingerprint density at radius 2 is 1.82 bits per heavy atom. The van der Waals surface area contributed by atoms with E-state index < -0.39 is 0 Å². The van der Waals surface area contributed by atoms with E-state index in [0.717, 1.165) is 55.5 Å². The molecular weight excluding hydrogens is 476 g/mol. The Morgan fingerprint density at radius 1 is 1.05 bits per heavy atom. The zero-order chi connectivity index (χ0) is 26.6. The number of amides is 2. The Kier molecular flexibility index (Phi) is 7.87. The largest absolute Gasteiger partial charge is 0.486 e. The van der Waals surface area contributed by atoms with E-state index in [1.165, 1.54) is 11.1 Å². The fraction of sp³-hybridized carbons (Fsp3) is 0.438. The summed E-state index contributed by atoms with van der Waals surface area (Å²) in [6, 6.07) is 18.0. The lowest BCUT2D eigenvalue weighted by Crippen LogP contribution is -2.43. The first-order valence-electron chi connectivity index (χ1n) is 13.9. The highest BCUT2D eigenvalue weighted by molar-refractivity contribution is 5.91. The van der Waals surface area contributed by atoms with Crippen molar-refractivity contribution >= 4 is 11.8 Å². The number of nitrogens with zero attached hydrogens (tertiary/aromatic N) is 1. The van der Waals surface area contributed by atoms with Gasteiger partial charge in [0.05, 0.1) is 6.04 Å². The fourth-order valence-corrected chi connectivity index (χ4v) is 5.55. The second-order valence-corrected chi connectivity index (χ2v) is 11.1. The molecule has 1 N–H and O–H groups in total. The summed E-state index contributed by atoms with van der Waals surface area (Å²) in [5.41, 5.74) is 4.70. The van der Waals surface area contributed by atoms with Crippen molar-refractivity contribution in [3.8, 4) is 5.75 Å². The lowest BCUT2D eigenvalue weighted by Gasteiger charge is -2.39. The van der Waals surface area contributed by atoms with Crippen LogP contribution in [-0.4, -0.2) is 29.8 Å². The van der Waals surface area contributed by atoms with Crippen LogP contribution in [0.25, 0.3) is 0 Å². The molecule has 1 aliphatic heterocycles. The molecule has 0 bridgehead atoms. The average Bonchev–Trinajstić information content (AvgIpc) is 3.63. The molecule has 5 rings (SSSR count). The molecule has 1 saturated carbocycles. The van der Waals surface area contributed by atoms with Gasteiger partial charge in [-0.25, -0.2) is 0 Å². The summed E-state index contributed by atoms with van der Waals surface area (Å²) in [7, 11) is 0. The quantitative estimate of drug-likeness (QED) is 0.388. The van der Waals surface area contributed by atoms with Crippen molar-refractivity contribution in [3.05, 3.63) is 88.4 Å². The van der Waals surface area contributed by atoms with E-state index in [1.54, 1.807) is 12.1 Å². The van der Waals surface area contributed by atoms with Crippen LogP contribution in [-0.2, 0) is 17.8 Å². The van der Waals surface area contributed by atoms with Crippen LogP contribution in [0, 0.1) is 18.8 Å². The molecule has 0 saturated heterocycles. The standard InChI is InChI=1S/C32H38N2O4/c1-21(2)19-33-31(35)29-15-14-27(38-29)20-37-26-13-12-23-16-17-34(32(36)25-6-4-5-7-25)30(28(23)18-26)24-10-8-22(3)9-11-24/h8-15,18,21,25,30H,4-7,16-17,19-20H2,1-3H3,(H,33,35). The van der Waals surface area contributed by atoms with Gasteiger partial charge in [-0.15, -0.1) is 0 Å². The second-order valence-electron chi connectivity index (χ2n) is 11.1. The molecule has 6 heteroatoms. The van der Waals surface area contributed by atoms with Crippen LogP contribution in [0.3, 0.4) is 0 Å². The number of rotatable bonds is 8. The van der Waals surface area contributed by atoms with Crippen LogP contribution in [0.4, 0.5) is 0 Å². The van der Waals surface area contributed by atoms with E-state index in [2.05, 4.69) is 53.5 Å². The molecule has 1 aromatic heterocycles. The second kappa shape index (κ2) is 11.5. The molecular formula is C32H38N2O4. The van der Waals surface area contributed by atoms with Crippen molar-refractivity contribution in [1.82, 2.24) is 10.2 Å². The van der Waals surface area contributed by atoms with Crippen LogP contribution in [0.2, 0.25) is 0 Å². The maximum absolute atomic E-state index is 13.6. The van der Waals surface area contributed by atoms with E-state index in [1.807, 2.05) is 19.9 Å². The molecule has 1 atom stereocenters. The molecule has 2 heterocycles. The molecule has 1 aliphatic carbocycles.